The molecule has 1 aliphatic carbocycles. The largest absolute Gasteiger partial charge is 0.349 e. The van der Waals surface area contributed by atoms with E-state index in [2.05, 4.69) is 5.32 Å². The van der Waals surface area contributed by atoms with E-state index < -0.39 is 9.84 Å². The maximum atomic E-state index is 12.6. The lowest BCUT2D eigenvalue weighted by Crippen LogP contribution is -2.35. The van der Waals surface area contributed by atoms with Crippen LogP contribution in [0.4, 0.5) is 0 Å². The highest BCUT2D eigenvalue weighted by Gasteiger charge is 2.18. The summed E-state index contributed by atoms with van der Waals surface area (Å²) in [6.45, 7) is 0. The van der Waals surface area contributed by atoms with Gasteiger partial charge < -0.3 is 5.32 Å². The summed E-state index contributed by atoms with van der Waals surface area (Å²) in [7, 11) is -3.42. The average Bonchev–Trinajstić information content (AvgIpc) is 2.64. The molecule has 1 amide bonds. The molecule has 3 rings (SSSR count). The van der Waals surface area contributed by atoms with Crippen LogP contribution >= 0.6 is 0 Å². The third-order valence-electron chi connectivity index (χ3n) is 5.09. The summed E-state index contributed by atoms with van der Waals surface area (Å²) in [4.78, 5) is 12.9. The third kappa shape index (κ3) is 5.67. The number of rotatable bonds is 5. The fourth-order valence-electron chi connectivity index (χ4n) is 3.60. The Morgan fingerprint density at radius 1 is 0.889 bits per heavy atom. The molecule has 1 N–H and O–H groups in total. The van der Waals surface area contributed by atoms with E-state index in [1.54, 1.807) is 54.6 Å². The second kappa shape index (κ2) is 9.18. The molecule has 0 saturated heterocycles. The first-order valence-corrected chi connectivity index (χ1v) is 11.4. The molecule has 0 unspecified atom stereocenters. The molecule has 2 aromatic rings. The van der Waals surface area contributed by atoms with Gasteiger partial charge in [0.05, 0.1) is 10.6 Å². The number of benzene rings is 2. The molecule has 2 aromatic carbocycles. The lowest BCUT2D eigenvalue weighted by molar-refractivity contribution is 0.0930. The van der Waals surface area contributed by atoms with Crippen LogP contribution in [0.5, 0.6) is 0 Å². The summed E-state index contributed by atoms with van der Waals surface area (Å²) in [5.41, 5.74) is 1.15. The summed E-state index contributed by atoms with van der Waals surface area (Å²) < 4.78 is 25.1. The first-order valence-electron chi connectivity index (χ1n) is 9.72. The van der Waals surface area contributed by atoms with Gasteiger partial charge in [0.2, 0.25) is 0 Å². The molecule has 0 spiro atoms. The van der Waals surface area contributed by atoms with Gasteiger partial charge in [-0.25, -0.2) is 8.42 Å². The number of carbonyl (C=O) groups is 1. The molecule has 1 aliphatic rings. The van der Waals surface area contributed by atoms with Crippen LogP contribution in [-0.4, -0.2) is 20.4 Å². The lowest BCUT2D eigenvalue weighted by atomic mass is 9.96. The van der Waals surface area contributed by atoms with Gasteiger partial charge in [-0.2, -0.15) is 0 Å². The van der Waals surface area contributed by atoms with Gasteiger partial charge in [-0.15, -0.1) is 0 Å². The van der Waals surface area contributed by atoms with Crippen molar-refractivity contribution in [2.24, 2.45) is 0 Å². The quantitative estimate of drug-likeness (QED) is 0.824. The lowest BCUT2D eigenvalue weighted by Gasteiger charge is -2.21. The minimum atomic E-state index is -3.42. The molecule has 0 aromatic heterocycles. The Balaban J connectivity index is 1.68. The Morgan fingerprint density at radius 3 is 2.26 bits per heavy atom. The number of hydrogen-bond acceptors (Lipinski definition) is 3. The molecular weight excluding hydrogens is 358 g/mol. The van der Waals surface area contributed by atoms with E-state index in [0.29, 0.717) is 16.0 Å². The molecule has 0 atom stereocenters. The molecule has 0 bridgehead atoms. The predicted molar refractivity (Wildman–Crippen MR) is 107 cm³/mol. The topological polar surface area (TPSA) is 63.2 Å². The van der Waals surface area contributed by atoms with E-state index in [1.807, 2.05) is 0 Å². The van der Waals surface area contributed by atoms with Crippen LogP contribution in [0.3, 0.4) is 0 Å². The van der Waals surface area contributed by atoms with Crippen LogP contribution in [0.15, 0.2) is 59.5 Å². The maximum absolute atomic E-state index is 12.6. The van der Waals surface area contributed by atoms with Gasteiger partial charge in [-0.05, 0) is 42.7 Å². The van der Waals surface area contributed by atoms with Crippen molar-refractivity contribution in [2.45, 2.75) is 61.6 Å². The Bertz CT molecular complexity index is 854. The van der Waals surface area contributed by atoms with Crippen LogP contribution < -0.4 is 5.32 Å². The molecule has 0 heterocycles. The SMILES string of the molecule is O=C(NC1CCCCCCC1)c1cccc(CS(=O)(=O)c2ccccc2)c1. The fraction of sp³-hybridized carbons (Fsp3) is 0.409. The standard InChI is InChI=1S/C22H27NO3S/c24-22(23-20-12-5-2-1-3-6-13-20)19-11-9-10-18(16-19)17-27(25,26)21-14-7-4-8-15-21/h4,7-11,14-16,20H,1-3,5-6,12-13,17H2,(H,23,24). The van der Waals surface area contributed by atoms with Crippen molar-refractivity contribution >= 4 is 15.7 Å². The van der Waals surface area contributed by atoms with Crippen molar-refractivity contribution in [3.05, 3.63) is 65.7 Å². The summed E-state index contributed by atoms with van der Waals surface area (Å²) >= 11 is 0. The van der Waals surface area contributed by atoms with E-state index in [-0.39, 0.29) is 17.7 Å². The zero-order valence-electron chi connectivity index (χ0n) is 15.6. The first-order chi connectivity index (χ1) is 13.0. The highest BCUT2D eigenvalue weighted by molar-refractivity contribution is 7.90. The fourth-order valence-corrected chi connectivity index (χ4v) is 4.96. The van der Waals surface area contributed by atoms with Crippen LogP contribution in [0.25, 0.3) is 0 Å². The predicted octanol–water partition coefficient (Wildman–Crippen LogP) is 4.50. The van der Waals surface area contributed by atoms with Crippen LogP contribution in [0.1, 0.15) is 60.9 Å². The zero-order chi connectivity index (χ0) is 19.1. The van der Waals surface area contributed by atoms with Gasteiger partial charge >= 0.3 is 0 Å². The Kier molecular flexibility index (Phi) is 6.67. The van der Waals surface area contributed by atoms with Gasteiger partial charge in [0.15, 0.2) is 9.84 Å². The number of carbonyl (C=O) groups excluding carboxylic acids is 1. The van der Waals surface area contributed by atoms with Crippen LogP contribution in [-0.2, 0) is 15.6 Å². The molecule has 1 saturated carbocycles. The first kappa shape index (κ1) is 19.6. The highest BCUT2D eigenvalue weighted by atomic mass is 32.2. The molecule has 0 radical (unpaired) electrons. The number of nitrogens with one attached hydrogen (secondary N) is 1. The van der Waals surface area contributed by atoms with Crippen LogP contribution in [0, 0.1) is 0 Å². The van der Waals surface area contributed by atoms with Gasteiger partial charge in [0, 0.05) is 11.6 Å². The van der Waals surface area contributed by atoms with Crippen molar-refractivity contribution in [3.8, 4) is 0 Å². The molecule has 27 heavy (non-hydrogen) atoms. The molecular formula is C22H27NO3S. The van der Waals surface area contributed by atoms with E-state index in [1.165, 1.54) is 19.3 Å². The van der Waals surface area contributed by atoms with Crippen LogP contribution in [0.2, 0.25) is 0 Å². The molecule has 5 heteroatoms. The van der Waals surface area contributed by atoms with E-state index >= 15 is 0 Å². The zero-order valence-corrected chi connectivity index (χ0v) is 16.4. The van der Waals surface area contributed by atoms with Crippen molar-refractivity contribution in [1.29, 1.82) is 0 Å². The highest BCUT2D eigenvalue weighted by Crippen LogP contribution is 2.19. The summed E-state index contributed by atoms with van der Waals surface area (Å²) in [5, 5.41) is 3.14. The Hall–Kier alpha value is -2.14. The van der Waals surface area contributed by atoms with Gasteiger partial charge in [-0.1, -0.05) is 62.4 Å². The average molecular weight is 386 g/mol. The smallest absolute Gasteiger partial charge is 0.251 e. The number of sulfone groups is 1. The summed E-state index contributed by atoms with van der Waals surface area (Å²) in [5.74, 6) is -0.221. The minimum absolute atomic E-state index is 0.110. The van der Waals surface area contributed by atoms with Crippen molar-refractivity contribution < 1.29 is 13.2 Å². The Morgan fingerprint density at radius 2 is 1.56 bits per heavy atom. The maximum Gasteiger partial charge on any atom is 0.251 e. The van der Waals surface area contributed by atoms with Gasteiger partial charge in [-0.3, -0.25) is 4.79 Å². The van der Waals surface area contributed by atoms with E-state index in [4.69, 9.17) is 0 Å². The molecule has 4 nitrogen and oxygen atoms in total. The van der Waals surface area contributed by atoms with Crippen molar-refractivity contribution in [1.82, 2.24) is 5.32 Å². The molecule has 1 fully saturated rings. The Labute approximate surface area is 161 Å². The van der Waals surface area contributed by atoms with Crippen molar-refractivity contribution in [2.75, 3.05) is 0 Å². The molecule has 144 valence electrons. The summed E-state index contributed by atoms with van der Waals surface area (Å²) in [6, 6.07) is 15.6. The third-order valence-corrected chi connectivity index (χ3v) is 6.79. The number of amides is 1. The monoisotopic (exact) mass is 385 g/mol. The van der Waals surface area contributed by atoms with Gasteiger partial charge in [0.1, 0.15) is 0 Å². The molecule has 0 aliphatic heterocycles. The second-order valence-electron chi connectivity index (χ2n) is 7.29. The van der Waals surface area contributed by atoms with Gasteiger partial charge in [0.25, 0.3) is 5.91 Å². The summed E-state index contributed by atoms with van der Waals surface area (Å²) in [6.07, 6.45) is 8.11. The second-order valence-corrected chi connectivity index (χ2v) is 9.28. The number of hydrogen-bond donors (Lipinski definition) is 1. The minimum Gasteiger partial charge on any atom is -0.349 e. The van der Waals surface area contributed by atoms with Crippen molar-refractivity contribution in [3.63, 3.8) is 0 Å². The van der Waals surface area contributed by atoms with E-state index in [0.717, 1.165) is 25.7 Å². The van der Waals surface area contributed by atoms with E-state index in [9.17, 15) is 13.2 Å². The normalized spacial score (nSPS) is 16.3.